The van der Waals surface area contributed by atoms with Crippen LogP contribution in [0.1, 0.15) is 23.2 Å². The molecule has 2 N–H and O–H groups in total. The highest BCUT2D eigenvalue weighted by Gasteiger charge is 2.17. The van der Waals surface area contributed by atoms with E-state index in [0.29, 0.717) is 53.4 Å². The molecule has 3 aromatic rings. The van der Waals surface area contributed by atoms with Gasteiger partial charge >= 0.3 is 0 Å². The maximum Gasteiger partial charge on any atom is 0.253 e. The Hall–Kier alpha value is -3.55. The molecule has 1 aliphatic rings. The van der Waals surface area contributed by atoms with E-state index >= 15 is 0 Å². The van der Waals surface area contributed by atoms with E-state index in [1.807, 2.05) is 0 Å². The first-order valence-corrected chi connectivity index (χ1v) is 8.14. The zero-order chi connectivity index (χ0) is 17.9. The fraction of sp³-hybridized carbons (Fsp3) is 0.167. The van der Waals surface area contributed by atoms with Crippen molar-refractivity contribution in [1.29, 1.82) is 0 Å². The molecule has 4 rings (SSSR count). The molecular weight excluding hydrogens is 334 g/mol. The van der Waals surface area contributed by atoms with Crippen LogP contribution in [-0.2, 0) is 4.79 Å². The van der Waals surface area contributed by atoms with Gasteiger partial charge in [-0.15, -0.1) is 0 Å². The van der Waals surface area contributed by atoms with Gasteiger partial charge in [0.2, 0.25) is 0 Å². The Kier molecular flexibility index (Phi) is 4.14. The van der Waals surface area contributed by atoms with Crippen molar-refractivity contribution in [2.75, 3.05) is 6.54 Å². The SMILES string of the molecule is O=C1CC=CN=C1CCNC(=O)c1ccnc2[nH]c(-c3ccco3)nc12. The summed E-state index contributed by atoms with van der Waals surface area (Å²) in [5, 5.41) is 2.80. The minimum Gasteiger partial charge on any atom is -0.461 e. The zero-order valence-corrected chi connectivity index (χ0v) is 13.7. The highest BCUT2D eigenvalue weighted by molar-refractivity contribution is 6.40. The third-order valence-corrected chi connectivity index (χ3v) is 3.99. The Bertz CT molecular complexity index is 1030. The van der Waals surface area contributed by atoms with Gasteiger partial charge in [-0.3, -0.25) is 14.6 Å². The van der Waals surface area contributed by atoms with Gasteiger partial charge < -0.3 is 14.7 Å². The highest BCUT2D eigenvalue weighted by atomic mass is 16.3. The van der Waals surface area contributed by atoms with Crippen molar-refractivity contribution in [3.63, 3.8) is 0 Å². The second-order valence-electron chi connectivity index (χ2n) is 5.71. The summed E-state index contributed by atoms with van der Waals surface area (Å²) < 4.78 is 5.32. The number of aromatic amines is 1. The summed E-state index contributed by atoms with van der Waals surface area (Å²) >= 11 is 0. The van der Waals surface area contributed by atoms with E-state index in [0.717, 1.165) is 0 Å². The Morgan fingerprint density at radius 3 is 3.08 bits per heavy atom. The number of hydrogen-bond acceptors (Lipinski definition) is 6. The molecule has 0 atom stereocenters. The summed E-state index contributed by atoms with van der Waals surface area (Å²) in [6.07, 6.45) is 7.17. The number of H-pyrrole nitrogens is 1. The number of nitrogens with zero attached hydrogens (tertiary/aromatic N) is 3. The lowest BCUT2D eigenvalue weighted by molar-refractivity contribution is -0.112. The van der Waals surface area contributed by atoms with Gasteiger partial charge in [0.05, 0.1) is 17.5 Å². The predicted octanol–water partition coefficient (Wildman–Crippen LogP) is 2.27. The van der Waals surface area contributed by atoms with Gasteiger partial charge in [-0.05, 0) is 18.2 Å². The summed E-state index contributed by atoms with van der Waals surface area (Å²) in [5.41, 5.74) is 1.85. The zero-order valence-electron chi connectivity index (χ0n) is 13.7. The lowest BCUT2D eigenvalue weighted by atomic mass is 10.1. The van der Waals surface area contributed by atoms with Gasteiger partial charge in [-0.2, -0.15) is 0 Å². The predicted molar refractivity (Wildman–Crippen MR) is 94.7 cm³/mol. The number of ketones is 1. The number of rotatable bonds is 5. The van der Waals surface area contributed by atoms with Crippen LogP contribution in [0.4, 0.5) is 0 Å². The Balaban J connectivity index is 1.50. The van der Waals surface area contributed by atoms with Crippen LogP contribution in [0, 0.1) is 0 Å². The number of fused-ring (bicyclic) bond motifs is 1. The van der Waals surface area contributed by atoms with Crippen molar-refractivity contribution in [1.82, 2.24) is 20.3 Å². The number of aliphatic imine (C=N–C) groups is 1. The van der Waals surface area contributed by atoms with Crippen LogP contribution in [0.3, 0.4) is 0 Å². The number of pyridine rings is 1. The van der Waals surface area contributed by atoms with E-state index in [-0.39, 0.29) is 11.7 Å². The number of allylic oxidation sites excluding steroid dienone is 1. The molecule has 8 heteroatoms. The Morgan fingerprint density at radius 1 is 1.35 bits per heavy atom. The monoisotopic (exact) mass is 349 g/mol. The first-order valence-electron chi connectivity index (χ1n) is 8.14. The van der Waals surface area contributed by atoms with Crippen LogP contribution >= 0.6 is 0 Å². The summed E-state index contributed by atoms with van der Waals surface area (Å²) in [6, 6.07) is 5.14. The molecule has 0 aliphatic carbocycles. The van der Waals surface area contributed by atoms with Gasteiger partial charge in [0.1, 0.15) is 5.52 Å². The maximum absolute atomic E-state index is 12.5. The average Bonchev–Trinajstić information content (AvgIpc) is 3.32. The first kappa shape index (κ1) is 15.9. The molecule has 0 radical (unpaired) electrons. The fourth-order valence-electron chi connectivity index (χ4n) is 2.71. The smallest absolute Gasteiger partial charge is 0.253 e. The molecule has 26 heavy (non-hydrogen) atoms. The van der Waals surface area contributed by atoms with Crippen molar-refractivity contribution in [2.45, 2.75) is 12.8 Å². The van der Waals surface area contributed by atoms with E-state index in [4.69, 9.17) is 4.42 Å². The largest absolute Gasteiger partial charge is 0.461 e. The van der Waals surface area contributed by atoms with Crippen LogP contribution in [0.25, 0.3) is 22.7 Å². The van der Waals surface area contributed by atoms with Gasteiger partial charge in [0.25, 0.3) is 5.91 Å². The minimum absolute atomic E-state index is 0.0107. The Labute approximate surface area is 148 Å². The number of imidazole rings is 1. The summed E-state index contributed by atoms with van der Waals surface area (Å²) in [5.74, 6) is 0.778. The second kappa shape index (κ2) is 6.75. The van der Waals surface area contributed by atoms with E-state index < -0.39 is 0 Å². The molecule has 0 spiro atoms. The number of carbonyl (C=O) groups is 2. The number of carbonyl (C=O) groups excluding carboxylic acids is 2. The summed E-state index contributed by atoms with van der Waals surface area (Å²) in [6.45, 7) is 0.316. The molecule has 1 aliphatic heterocycles. The molecule has 1 amide bonds. The number of amides is 1. The normalized spacial score (nSPS) is 13.8. The number of nitrogens with one attached hydrogen (secondary N) is 2. The molecule has 4 heterocycles. The standard InChI is InChI=1S/C18H15N5O3/c24-13-3-1-7-19-12(13)6-9-21-18(25)11-5-8-20-17-15(11)22-16(23-17)14-4-2-10-26-14/h1-2,4-5,7-8,10H,3,6,9H2,(H,21,25)(H,20,22,23). The summed E-state index contributed by atoms with van der Waals surface area (Å²) in [4.78, 5) is 40.0. The number of Topliss-reactive ketones (excluding diaryl/α,β-unsaturated/α-hetero) is 1. The van der Waals surface area contributed by atoms with E-state index in [1.165, 1.54) is 0 Å². The highest BCUT2D eigenvalue weighted by Crippen LogP contribution is 2.21. The first-order chi connectivity index (χ1) is 12.7. The third-order valence-electron chi connectivity index (χ3n) is 3.99. The van der Waals surface area contributed by atoms with Crippen molar-refractivity contribution < 1.29 is 14.0 Å². The molecule has 0 saturated heterocycles. The van der Waals surface area contributed by atoms with Gasteiger partial charge in [0.15, 0.2) is 23.0 Å². The number of hydrogen-bond donors (Lipinski definition) is 2. The van der Waals surface area contributed by atoms with E-state index in [9.17, 15) is 9.59 Å². The van der Waals surface area contributed by atoms with Crippen molar-refractivity contribution in [3.05, 3.63) is 48.5 Å². The molecule has 0 aromatic carbocycles. The maximum atomic E-state index is 12.5. The van der Waals surface area contributed by atoms with Gasteiger partial charge in [0, 0.05) is 31.8 Å². The summed E-state index contributed by atoms with van der Waals surface area (Å²) in [7, 11) is 0. The van der Waals surface area contributed by atoms with Crippen molar-refractivity contribution in [2.24, 2.45) is 4.99 Å². The molecule has 0 fully saturated rings. The number of aromatic nitrogens is 3. The molecule has 3 aromatic heterocycles. The number of furan rings is 1. The molecule has 0 bridgehead atoms. The minimum atomic E-state index is -0.283. The van der Waals surface area contributed by atoms with Crippen molar-refractivity contribution >= 4 is 28.6 Å². The van der Waals surface area contributed by atoms with Gasteiger partial charge in [-0.1, -0.05) is 6.08 Å². The third kappa shape index (κ3) is 3.04. The molecule has 0 unspecified atom stereocenters. The Morgan fingerprint density at radius 2 is 2.27 bits per heavy atom. The molecular formula is C18H15N5O3. The molecule has 0 saturated carbocycles. The fourth-order valence-corrected chi connectivity index (χ4v) is 2.71. The average molecular weight is 349 g/mol. The van der Waals surface area contributed by atoms with Crippen LogP contribution in [0.2, 0.25) is 0 Å². The van der Waals surface area contributed by atoms with E-state index in [2.05, 4.69) is 25.3 Å². The quantitative estimate of drug-likeness (QED) is 0.733. The second-order valence-corrected chi connectivity index (χ2v) is 5.71. The van der Waals surface area contributed by atoms with Gasteiger partial charge in [-0.25, -0.2) is 9.97 Å². The topological polar surface area (TPSA) is 113 Å². The lowest BCUT2D eigenvalue weighted by Crippen LogP contribution is -2.28. The molecule has 8 nitrogen and oxygen atoms in total. The van der Waals surface area contributed by atoms with E-state index in [1.54, 1.807) is 42.9 Å². The van der Waals surface area contributed by atoms with Crippen LogP contribution in [0.15, 0.2) is 52.3 Å². The van der Waals surface area contributed by atoms with Crippen LogP contribution in [0.5, 0.6) is 0 Å². The van der Waals surface area contributed by atoms with Crippen LogP contribution in [-0.4, -0.2) is 38.9 Å². The molecule has 130 valence electrons. The van der Waals surface area contributed by atoms with Crippen LogP contribution < -0.4 is 5.32 Å². The van der Waals surface area contributed by atoms with Crippen molar-refractivity contribution in [3.8, 4) is 11.6 Å². The lowest BCUT2D eigenvalue weighted by Gasteiger charge is -2.08.